The fourth-order valence-corrected chi connectivity index (χ4v) is 3.70. The Morgan fingerprint density at radius 1 is 1.39 bits per heavy atom. The van der Waals surface area contributed by atoms with Crippen molar-refractivity contribution in [3.05, 3.63) is 0 Å². The fourth-order valence-electron chi connectivity index (χ4n) is 3.70. The van der Waals surface area contributed by atoms with E-state index in [0.29, 0.717) is 30.7 Å². The van der Waals surface area contributed by atoms with Gasteiger partial charge in [0.15, 0.2) is 0 Å². The average molecular weight is 257 g/mol. The highest BCUT2D eigenvalue weighted by Crippen LogP contribution is 2.54. The molecule has 2 aliphatic rings. The second-order valence-electron chi connectivity index (χ2n) is 5.69. The highest BCUT2D eigenvalue weighted by molar-refractivity contribution is 5.10. The van der Waals surface area contributed by atoms with Gasteiger partial charge in [-0.05, 0) is 26.2 Å². The van der Waals surface area contributed by atoms with Crippen molar-refractivity contribution in [2.75, 3.05) is 26.9 Å². The predicted octanol–water partition coefficient (Wildman–Crippen LogP) is 1.32. The first-order valence-corrected chi connectivity index (χ1v) is 7.25. The molecular weight excluding hydrogens is 230 g/mol. The summed E-state index contributed by atoms with van der Waals surface area (Å²) in [7, 11) is 1.62. The van der Waals surface area contributed by atoms with Crippen molar-refractivity contribution in [1.82, 2.24) is 5.32 Å². The molecule has 1 spiro atoms. The molecule has 2 N–H and O–H groups in total. The minimum atomic E-state index is -0.403. The number of aliphatic hydroxyl groups is 1. The third-order valence-electron chi connectivity index (χ3n) is 4.65. The van der Waals surface area contributed by atoms with Gasteiger partial charge >= 0.3 is 0 Å². The summed E-state index contributed by atoms with van der Waals surface area (Å²) in [5.41, 5.74) is 0.350. The lowest BCUT2D eigenvalue weighted by Crippen LogP contribution is -2.63. The van der Waals surface area contributed by atoms with Crippen LogP contribution in [0.5, 0.6) is 0 Å². The van der Waals surface area contributed by atoms with Crippen LogP contribution in [0.2, 0.25) is 0 Å². The molecule has 0 aromatic carbocycles. The summed E-state index contributed by atoms with van der Waals surface area (Å²) in [5, 5.41) is 13.2. The minimum Gasteiger partial charge on any atom is -0.389 e. The number of aliphatic hydroxyl groups excluding tert-OH is 1. The lowest BCUT2D eigenvalue weighted by molar-refractivity contribution is -0.132. The Morgan fingerprint density at radius 3 is 2.72 bits per heavy atom. The van der Waals surface area contributed by atoms with Gasteiger partial charge < -0.3 is 19.9 Å². The molecule has 0 aliphatic heterocycles. The van der Waals surface area contributed by atoms with Crippen molar-refractivity contribution < 1.29 is 14.6 Å². The summed E-state index contributed by atoms with van der Waals surface area (Å²) in [6.07, 6.45) is 6.31. The summed E-state index contributed by atoms with van der Waals surface area (Å²) in [4.78, 5) is 0. The highest BCUT2D eigenvalue weighted by Gasteiger charge is 2.56. The molecule has 0 bridgehead atoms. The Hall–Kier alpha value is -0.160. The first kappa shape index (κ1) is 14.3. The average Bonchev–Trinajstić information content (AvgIpc) is 2.85. The van der Waals surface area contributed by atoms with E-state index in [1.807, 2.05) is 0 Å². The monoisotopic (exact) mass is 257 g/mol. The molecule has 106 valence electrons. The maximum absolute atomic E-state index is 9.70. The molecule has 4 heteroatoms. The molecule has 2 saturated carbocycles. The molecule has 0 radical (unpaired) electrons. The molecule has 0 aromatic heterocycles. The van der Waals surface area contributed by atoms with Gasteiger partial charge in [-0.25, -0.2) is 0 Å². The largest absolute Gasteiger partial charge is 0.389 e. The molecule has 0 saturated heterocycles. The standard InChI is InChI=1S/C14H27NO3/c1-3-18-13-8-12(14(13)6-4-5-7-14)15-9-11(16)10-17-2/h11-13,15-16H,3-10H2,1-2H3. The van der Waals surface area contributed by atoms with Gasteiger partial charge in [0, 0.05) is 31.7 Å². The molecule has 18 heavy (non-hydrogen) atoms. The molecule has 0 heterocycles. The maximum atomic E-state index is 9.70. The summed E-state index contributed by atoms with van der Waals surface area (Å²) < 4.78 is 10.8. The van der Waals surface area contributed by atoms with Crippen molar-refractivity contribution >= 4 is 0 Å². The molecule has 3 unspecified atom stereocenters. The number of hydrogen-bond donors (Lipinski definition) is 2. The normalized spacial score (nSPS) is 31.5. The Labute approximate surface area is 110 Å². The van der Waals surface area contributed by atoms with Crippen LogP contribution in [-0.2, 0) is 9.47 Å². The Bertz CT molecular complexity index is 253. The van der Waals surface area contributed by atoms with Crippen LogP contribution in [0.3, 0.4) is 0 Å². The van der Waals surface area contributed by atoms with Crippen molar-refractivity contribution in [2.45, 2.75) is 57.3 Å². The van der Waals surface area contributed by atoms with Crippen LogP contribution in [0.25, 0.3) is 0 Å². The van der Waals surface area contributed by atoms with E-state index in [-0.39, 0.29) is 0 Å². The zero-order valence-electron chi connectivity index (χ0n) is 11.7. The molecule has 2 aliphatic carbocycles. The lowest BCUT2D eigenvalue weighted by Gasteiger charge is -2.54. The van der Waals surface area contributed by atoms with Gasteiger partial charge in [0.25, 0.3) is 0 Å². The molecule has 2 fully saturated rings. The first-order chi connectivity index (χ1) is 8.73. The summed E-state index contributed by atoms with van der Waals surface area (Å²) in [6.45, 7) is 3.91. The zero-order valence-corrected chi connectivity index (χ0v) is 11.7. The van der Waals surface area contributed by atoms with Crippen LogP contribution in [0.15, 0.2) is 0 Å². The van der Waals surface area contributed by atoms with E-state index in [4.69, 9.17) is 9.47 Å². The van der Waals surface area contributed by atoms with Crippen molar-refractivity contribution in [2.24, 2.45) is 5.41 Å². The second-order valence-corrected chi connectivity index (χ2v) is 5.69. The van der Waals surface area contributed by atoms with Crippen LogP contribution >= 0.6 is 0 Å². The number of hydrogen-bond acceptors (Lipinski definition) is 4. The second kappa shape index (κ2) is 6.33. The van der Waals surface area contributed by atoms with Crippen molar-refractivity contribution in [1.29, 1.82) is 0 Å². The van der Waals surface area contributed by atoms with Gasteiger partial charge in [0.2, 0.25) is 0 Å². The molecular formula is C14H27NO3. The smallest absolute Gasteiger partial charge is 0.0897 e. The minimum absolute atomic E-state index is 0.350. The van der Waals surface area contributed by atoms with Gasteiger partial charge in [-0.1, -0.05) is 12.8 Å². The third-order valence-corrected chi connectivity index (χ3v) is 4.65. The van der Waals surface area contributed by atoms with Crippen LogP contribution in [-0.4, -0.2) is 50.2 Å². The number of ether oxygens (including phenoxy) is 2. The van der Waals surface area contributed by atoms with E-state index < -0.39 is 6.10 Å². The van der Waals surface area contributed by atoms with Crippen LogP contribution < -0.4 is 5.32 Å². The molecule has 3 atom stereocenters. The molecule has 2 rings (SSSR count). The predicted molar refractivity (Wildman–Crippen MR) is 70.6 cm³/mol. The number of rotatable bonds is 7. The van der Waals surface area contributed by atoms with Crippen LogP contribution in [0.4, 0.5) is 0 Å². The van der Waals surface area contributed by atoms with Crippen molar-refractivity contribution in [3.63, 3.8) is 0 Å². The number of methoxy groups -OCH3 is 1. The maximum Gasteiger partial charge on any atom is 0.0897 e. The summed E-state index contributed by atoms with van der Waals surface area (Å²) in [5.74, 6) is 0. The topological polar surface area (TPSA) is 50.7 Å². The molecule has 0 aromatic rings. The fraction of sp³-hybridized carbons (Fsp3) is 1.00. The Balaban J connectivity index is 1.82. The SMILES string of the molecule is CCOC1CC(NCC(O)COC)C12CCCC2. The Kier molecular flexibility index (Phi) is 5.01. The van der Waals surface area contributed by atoms with Gasteiger partial charge in [0.1, 0.15) is 0 Å². The quantitative estimate of drug-likeness (QED) is 0.722. The summed E-state index contributed by atoms with van der Waals surface area (Å²) in [6, 6.07) is 0.517. The van der Waals surface area contributed by atoms with Gasteiger partial charge in [-0.2, -0.15) is 0 Å². The van der Waals surface area contributed by atoms with E-state index >= 15 is 0 Å². The number of nitrogens with one attached hydrogen (secondary N) is 1. The molecule has 0 amide bonds. The summed E-state index contributed by atoms with van der Waals surface area (Å²) >= 11 is 0. The van der Waals surface area contributed by atoms with E-state index in [2.05, 4.69) is 12.2 Å². The third kappa shape index (κ3) is 2.72. The Morgan fingerprint density at radius 2 is 2.11 bits per heavy atom. The first-order valence-electron chi connectivity index (χ1n) is 7.25. The van der Waals surface area contributed by atoms with Gasteiger partial charge in [-0.15, -0.1) is 0 Å². The van der Waals surface area contributed by atoms with E-state index in [1.54, 1.807) is 7.11 Å². The van der Waals surface area contributed by atoms with E-state index in [0.717, 1.165) is 13.0 Å². The van der Waals surface area contributed by atoms with Crippen LogP contribution in [0.1, 0.15) is 39.0 Å². The van der Waals surface area contributed by atoms with Gasteiger partial charge in [0.05, 0.1) is 18.8 Å². The van der Waals surface area contributed by atoms with E-state index in [9.17, 15) is 5.11 Å². The zero-order chi connectivity index (χ0) is 13.0. The van der Waals surface area contributed by atoms with Crippen LogP contribution in [0, 0.1) is 5.41 Å². The van der Waals surface area contributed by atoms with Gasteiger partial charge in [-0.3, -0.25) is 0 Å². The van der Waals surface area contributed by atoms with Crippen molar-refractivity contribution in [3.8, 4) is 0 Å². The highest BCUT2D eigenvalue weighted by atomic mass is 16.5. The molecule has 4 nitrogen and oxygen atoms in total. The van der Waals surface area contributed by atoms with E-state index in [1.165, 1.54) is 25.7 Å². The lowest BCUT2D eigenvalue weighted by atomic mass is 9.60.